The fourth-order valence-electron chi connectivity index (χ4n) is 3.78. The number of hydrogen-bond donors (Lipinski definition) is 2. The van der Waals surface area contributed by atoms with Crippen molar-refractivity contribution in [1.29, 1.82) is 0 Å². The molecule has 136 valence electrons. The lowest BCUT2D eigenvalue weighted by molar-refractivity contribution is 0.437. The highest BCUT2D eigenvalue weighted by atomic mass is 32.2. The summed E-state index contributed by atoms with van der Waals surface area (Å²) in [4.78, 5) is 11.1. The van der Waals surface area contributed by atoms with Crippen molar-refractivity contribution in [1.82, 2.24) is 15.3 Å². The zero-order chi connectivity index (χ0) is 17.7. The van der Waals surface area contributed by atoms with Gasteiger partial charge in [0.15, 0.2) is 5.58 Å². The summed E-state index contributed by atoms with van der Waals surface area (Å²) in [6, 6.07) is 4.95. The van der Waals surface area contributed by atoms with Crippen LogP contribution in [0.15, 0.2) is 28.1 Å². The molecule has 1 aromatic carbocycles. The van der Waals surface area contributed by atoms with Crippen molar-refractivity contribution < 1.29 is 13.2 Å². The summed E-state index contributed by atoms with van der Waals surface area (Å²) in [5.41, 5.74) is 2.42. The van der Waals surface area contributed by atoms with Crippen molar-refractivity contribution in [2.75, 3.05) is 22.7 Å². The third kappa shape index (κ3) is 2.88. The fraction of sp³-hybridized carbons (Fsp3) is 0.375. The van der Waals surface area contributed by atoms with Gasteiger partial charge in [-0.25, -0.2) is 4.98 Å². The van der Waals surface area contributed by atoms with Crippen LogP contribution in [0.1, 0.15) is 12.8 Å². The molecule has 0 aliphatic carbocycles. The topological polar surface area (TPSA) is 106 Å². The standard InChI is InChI=1S/C16H17N5O3S2/c22-26(23)20-11-5-12(15-17-3-4-25-15)14-13(6-11)19-16(24-14)21-7-9-1-2-10(8-21)18-9/h3-6,9-10,18,20H,1-2,7-8H2,(H,22,23)/p-1. The lowest BCUT2D eigenvalue weighted by atomic mass is 10.2. The maximum absolute atomic E-state index is 11.1. The van der Waals surface area contributed by atoms with Crippen LogP contribution in [0, 0.1) is 0 Å². The molecule has 2 bridgehead atoms. The van der Waals surface area contributed by atoms with E-state index in [1.807, 2.05) is 5.38 Å². The lowest BCUT2D eigenvalue weighted by Gasteiger charge is -2.31. The van der Waals surface area contributed by atoms with Crippen molar-refractivity contribution in [3.05, 3.63) is 23.7 Å². The Morgan fingerprint density at radius 1 is 1.35 bits per heavy atom. The number of hydrogen-bond acceptors (Lipinski definition) is 8. The molecule has 5 rings (SSSR count). The molecule has 0 saturated carbocycles. The second-order valence-corrected chi connectivity index (χ2v) is 8.15. The molecule has 4 heterocycles. The minimum atomic E-state index is -2.41. The number of fused-ring (bicyclic) bond motifs is 3. The van der Waals surface area contributed by atoms with E-state index >= 15 is 0 Å². The van der Waals surface area contributed by atoms with Gasteiger partial charge in [-0.3, -0.25) is 4.21 Å². The molecule has 2 aliphatic heterocycles. The van der Waals surface area contributed by atoms with Gasteiger partial charge in [-0.1, -0.05) is 0 Å². The van der Waals surface area contributed by atoms with Gasteiger partial charge in [0, 0.05) is 53.7 Å². The van der Waals surface area contributed by atoms with Crippen molar-refractivity contribution in [3.8, 4) is 10.6 Å². The highest BCUT2D eigenvalue weighted by Crippen LogP contribution is 2.36. The summed E-state index contributed by atoms with van der Waals surface area (Å²) < 4.78 is 30.6. The average molecular weight is 390 g/mol. The SMILES string of the molecule is O=S([O-])Nc1cc(-c2nccs2)c2oc(N3CC4CCC(C3)N4)nc2c1. The van der Waals surface area contributed by atoms with E-state index in [9.17, 15) is 8.76 Å². The highest BCUT2D eigenvalue weighted by molar-refractivity contribution is 7.80. The molecule has 3 atom stereocenters. The van der Waals surface area contributed by atoms with E-state index < -0.39 is 11.3 Å². The Labute approximate surface area is 156 Å². The van der Waals surface area contributed by atoms with Crippen molar-refractivity contribution in [3.63, 3.8) is 0 Å². The first-order valence-corrected chi connectivity index (χ1v) is 10.3. The van der Waals surface area contributed by atoms with Crippen LogP contribution in [0.2, 0.25) is 0 Å². The van der Waals surface area contributed by atoms with Gasteiger partial charge in [0.2, 0.25) is 0 Å². The fourth-order valence-corrected chi connectivity index (χ4v) is 4.74. The van der Waals surface area contributed by atoms with Gasteiger partial charge >= 0.3 is 0 Å². The van der Waals surface area contributed by atoms with Gasteiger partial charge in [-0.15, -0.1) is 11.3 Å². The Balaban J connectivity index is 1.60. The summed E-state index contributed by atoms with van der Waals surface area (Å²) >= 11 is -0.938. The van der Waals surface area contributed by atoms with Crippen molar-refractivity contribution in [2.45, 2.75) is 24.9 Å². The van der Waals surface area contributed by atoms with E-state index in [0.29, 0.717) is 34.9 Å². The number of nitrogens with zero attached hydrogens (tertiary/aromatic N) is 3. The van der Waals surface area contributed by atoms with Gasteiger partial charge < -0.3 is 23.9 Å². The third-order valence-corrected chi connectivity index (χ3v) is 6.04. The van der Waals surface area contributed by atoms with Crippen molar-refractivity contribution >= 4 is 45.4 Å². The molecule has 0 radical (unpaired) electrons. The Morgan fingerprint density at radius 3 is 2.85 bits per heavy atom. The van der Waals surface area contributed by atoms with Gasteiger partial charge in [0.1, 0.15) is 10.5 Å². The summed E-state index contributed by atoms with van der Waals surface area (Å²) in [6.45, 7) is 1.73. The van der Waals surface area contributed by atoms with E-state index in [1.165, 1.54) is 24.2 Å². The number of anilines is 2. The molecule has 2 aliphatic rings. The zero-order valence-corrected chi connectivity index (χ0v) is 15.3. The summed E-state index contributed by atoms with van der Waals surface area (Å²) in [7, 11) is 0. The third-order valence-electron chi connectivity index (χ3n) is 4.83. The van der Waals surface area contributed by atoms with Crippen LogP contribution in [0.25, 0.3) is 21.7 Å². The average Bonchev–Trinajstić information content (AvgIpc) is 3.33. The van der Waals surface area contributed by atoms with Gasteiger partial charge in [-0.05, 0) is 25.0 Å². The van der Waals surface area contributed by atoms with Crippen LogP contribution in [0.5, 0.6) is 0 Å². The minimum Gasteiger partial charge on any atom is -0.755 e. The minimum absolute atomic E-state index is 0.441. The first-order chi connectivity index (χ1) is 12.7. The van der Waals surface area contributed by atoms with Gasteiger partial charge in [-0.2, -0.15) is 4.98 Å². The maximum Gasteiger partial charge on any atom is 0.298 e. The zero-order valence-electron chi connectivity index (χ0n) is 13.7. The molecule has 10 heteroatoms. The highest BCUT2D eigenvalue weighted by Gasteiger charge is 2.34. The Morgan fingerprint density at radius 2 is 2.15 bits per heavy atom. The molecule has 8 nitrogen and oxygen atoms in total. The first kappa shape index (κ1) is 16.2. The molecule has 2 aromatic heterocycles. The molecule has 0 amide bonds. The Hall–Kier alpha value is -2.01. The molecular weight excluding hydrogens is 374 g/mol. The van der Waals surface area contributed by atoms with E-state index in [4.69, 9.17) is 4.42 Å². The van der Waals surface area contributed by atoms with Crippen LogP contribution in [-0.2, 0) is 11.3 Å². The molecule has 3 unspecified atom stereocenters. The van der Waals surface area contributed by atoms with Crippen LogP contribution >= 0.6 is 11.3 Å². The van der Waals surface area contributed by atoms with E-state index in [0.717, 1.165) is 23.7 Å². The molecule has 0 spiro atoms. The van der Waals surface area contributed by atoms with Crippen LogP contribution in [0.3, 0.4) is 0 Å². The second kappa shape index (κ2) is 6.31. The predicted molar refractivity (Wildman–Crippen MR) is 99.8 cm³/mol. The monoisotopic (exact) mass is 390 g/mol. The number of piperazine rings is 1. The number of thiazole rings is 1. The molecule has 2 N–H and O–H groups in total. The molecule has 2 saturated heterocycles. The van der Waals surface area contributed by atoms with Crippen LogP contribution in [-0.4, -0.2) is 43.9 Å². The van der Waals surface area contributed by atoms with Gasteiger partial charge in [0.05, 0.1) is 5.56 Å². The molecule has 2 fully saturated rings. The number of rotatable bonds is 4. The summed E-state index contributed by atoms with van der Waals surface area (Å²) in [5, 5.41) is 6.23. The normalized spacial score (nSPS) is 23.5. The number of benzene rings is 1. The molecule has 26 heavy (non-hydrogen) atoms. The Bertz CT molecular complexity index is 962. The Kier molecular flexibility index (Phi) is 3.92. The first-order valence-electron chi connectivity index (χ1n) is 8.37. The second-order valence-electron chi connectivity index (χ2n) is 6.59. The van der Waals surface area contributed by atoms with E-state index in [2.05, 4.69) is 24.9 Å². The molecule has 3 aromatic rings. The number of nitrogens with one attached hydrogen (secondary N) is 2. The van der Waals surface area contributed by atoms with E-state index in [-0.39, 0.29) is 0 Å². The summed E-state index contributed by atoms with van der Waals surface area (Å²) in [6.07, 6.45) is 4.06. The smallest absolute Gasteiger partial charge is 0.298 e. The largest absolute Gasteiger partial charge is 0.755 e. The predicted octanol–water partition coefficient (Wildman–Crippen LogP) is 2.10. The van der Waals surface area contributed by atoms with Gasteiger partial charge in [0.25, 0.3) is 6.01 Å². The van der Waals surface area contributed by atoms with Crippen molar-refractivity contribution in [2.24, 2.45) is 0 Å². The maximum atomic E-state index is 11.1. The number of aromatic nitrogens is 2. The van der Waals surface area contributed by atoms with E-state index in [1.54, 1.807) is 18.3 Å². The quantitative estimate of drug-likeness (QED) is 0.657. The number of oxazole rings is 1. The summed E-state index contributed by atoms with van der Waals surface area (Å²) in [5.74, 6) is 0. The lowest BCUT2D eigenvalue weighted by Crippen LogP contribution is -2.51. The van der Waals surface area contributed by atoms with Crippen LogP contribution < -0.4 is 14.9 Å². The van der Waals surface area contributed by atoms with Crippen LogP contribution in [0.4, 0.5) is 11.7 Å². The molecular formula is C16H16N5O3S2-.